The third-order valence-corrected chi connectivity index (χ3v) is 6.44. The Morgan fingerprint density at radius 3 is 1.07 bits per heavy atom. The van der Waals surface area contributed by atoms with Gasteiger partial charge in [-0.1, -0.05) is 29.7 Å². The molecule has 0 N–H and O–H groups in total. The van der Waals surface area contributed by atoms with E-state index in [1.165, 1.54) is 0 Å². The Morgan fingerprint density at radius 1 is 0.714 bits per heavy atom. The Morgan fingerprint density at radius 2 is 1.00 bits per heavy atom. The first kappa shape index (κ1) is 29.3. The average molecular weight is 243 g/mol. The molecule has 0 fully saturated rings. The van der Waals surface area contributed by atoms with E-state index in [1.807, 2.05) is 0 Å². The van der Waals surface area contributed by atoms with Gasteiger partial charge in [0.15, 0.2) is 8.32 Å². The van der Waals surface area contributed by atoms with Gasteiger partial charge in [0.1, 0.15) is 0 Å². The molecule has 0 spiro atoms. The lowest BCUT2D eigenvalue weighted by atomic mass is 11.8. The van der Waals surface area contributed by atoms with Crippen molar-refractivity contribution in [1.29, 1.82) is 0 Å². The van der Waals surface area contributed by atoms with E-state index in [9.17, 15) is 0 Å². The van der Waals surface area contributed by atoms with Crippen LogP contribution in [0.2, 0.25) is 32.7 Å². The average Bonchev–Trinajstić information content (AvgIpc) is 1.60. The maximum atomic E-state index is 5.83. The summed E-state index contributed by atoms with van der Waals surface area (Å²) in [7, 11) is -1.40. The first-order chi connectivity index (χ1) is 4.27. The Hall–Kier alpha value is 0.354. The van der Waals surface area contributed by atoms with Crippen LogP contribution in [0, 0.1) is 0 Å². The fourth-order valence-corrected chi connectivity index (χ4v) is 7.01. The molecule has 14 heavy (non-hydrogen) atoms. The molecule has 0 aliphatic rings. The van der Waals surface area contributed by atoms with Crippen molar-refractivity contribution in [3.05, 3.63) is 0 Å². The summed E-state index contributed by atoms with van der Waals surface area (Å²) in [5.74, 6) is 0. The van der Waals surface area contributed by atoms with Gasteiger partial charge in [-0.25, -0.2) is 0 Å². The summed E-state index contributed by atoms with van der Waals surface area (Å²) in [6.45, 7) is 10.7. The summed E-state index contributed by atoms with van der Waals surface area (Å²) < 4.78 is 11.1. The number of rotatable bonds is 3. The molecule has 0 heterocycles. The molecule has 0 aromatic carbocycles. The molecule has 0 saturated heterocycles. The van der Waals surface area contributed by atoms with Crippen LogP contribution < -0.4 is 0 Å². The van der Waals surface area contributed by atoms with Gasteiger partial charge >= 0.3 is 8.56 Å². The van der Waals surface area contributed by atoms with Gasteiger partial charge in [0.2, 0.25) is 0 Å². The van der Waals surface area contributed by atoms with Crippen molar-refractivity contribution in [2.75, 3.05) is 7.11 Å². The van der Waals surface area contributed by atoms with E-state index in [1.54, 1.807) is 7.11 Å². The standard InChI is InChI=1S/C6H18O2Si2.4CH4/c1-7-10(5,6)8-9(2,3)4;;;;/h1-6H3;4*1H4. The fraction of sp³-hybridized carbons (Fsp3) is 1.00. The van der Waals surface area contributed by atoms with E-state index in [2.05, 4.69) is 32.7 Å². The van der Waals surface area contributed by atoms with Crippen molar-refractivity contribution >= 4 is 16.9 Å². The lowest BCUT2D eigenvalue weighted by Crippen LogP contribution is -2.43. The summed E-state index contributed by atoms with van der Waals surface area (Å²) in [5, 5.41) is 0. The van der Waals surface area contributed by atoms with E-state index < -0.39 is 16.9 Å². The minimum atomic E-state index is -1.75. The van der Waals surface area contributed by atoms with Gasteiger partial charge in [0.25, 0.3) is 0 Å². The van der Waals surface area contributed by atoms with Crippen LogP contribution in [0.25, 0.3) is 0 Å². The smallest absolute Gasteiger partial charge is 0.321 e. The minimum Gasteiger partial charge on any atom is -0.436 e. The molecule has 0 aromatic heterocycles. The molecule has 0 rings (SSSR count). The van der Waals surface area contributed by atoms with Crippen LogP contribution in [0.4, 0.5) is 0 Å². The van der Waals surface area contributed by atoms with Gasteiger partial charge in [-0.05, 0) is 32.7 Å². The molecular formula is C10H34O2Si2. The summed E-state index contributed by atoms with van der Waals surface area (Å²) in [4.78, 5) is 0. The molecule has 0 radical (unpaired) electrons. The van der Waals surface area contributed by atoms with E-state index in [0.717, 1.165) is 0 Å². The molecule has 0 aliphatic heterocycles. The van der Waals surface area contributed by atoms with Crippen LogP contribution in [0.1, 0.15) is 29.7 Å². The first-order valence-corrected chi connectivity index (χ1v) is 9.75. The summed E-state index contributed by atoms with van der Waals surface area (Å²) in [6.07, 6.45) is 0. The molecule has 0 amide bonds. The van der Waals surface area contributed by atoms with Crippen molar-refractivity contribution < 1.29 is 8.54 Å². The second-order valence-electron chi connectivity index (χ2n) is 3.82. The predicted molar refractivity (Wildman–Crippen MR) is 75.8 cm³/mol. The maximum absolute atomic E-state index is 5.83. The zero-order chi connectivity index (χ0) is 8.41. The highest BCUT2D eigenvalue weighted by atomic mass is 28.4. The quantitative estimate of drug-likeness (QED) is 0.666. The van der Waals surface area contributed by atoms with E-state index >= 15 is 0 Å². The monoisotopic (exact) mass is 242 g/mol. The van der Waals surface area contributed by atoms with Gasteiger partial charge in [0, 0.05) is 7.11 Å². The van der Waals surface area contributed by atoms with Crippen LogP contribution in [0.5, 0.6) is 0 Å². The van der Waals surface area contributed by atoms with Crippen molar-refractivity contribution in [1.82, 2.24) is 0 Å². The van der Waals surface area contributed by atoms with Crippen molar-refractivity contribution in [3.8, 4) is 0 Å². The Kier molecular flexibility index (Phi) is 20.7. The molecule has 0 bridgehead atoms. The van der Waals surface area contributed by atoms with Crippen molar-refractivity contribution in [3.63, 3.8) is 0 Å². The molecule has 2 nitrogen and oxygen atoms in total. The second-order valence-corrected chi connectivity index (χ2v) is 12.1. The largest absolute Gasteiger partial charge is 0.436 e. The van der Waals surface area contributed by atoms with Gasteiger partial charge < -0.3 is 8.54 Å². The highest BCUT2D eigenvalue weighted by Gasteiger charge is 2.29. The molecular weight excluding hydrogens is 208 g/mol. The van der Waals surface area contributed by atoms with Crippen LogP contribution in [0.15, 0.2) is 0 Å². The van der Waals surface area contributed by atoms with E-state index in [-0.39, 0.29) is 29.7 Å². The maximum Gasteiger partial charge on any atom is 0.321 e. The molecule has 0 aromatic rings. The molecule has 0 saturated carbocycles. The molecule has 0 aliphatic carbocycles. The van der Waals surface area contributed by atoms with Crippen LogP contribution in [-0.2, 0) is 8.54 Å². The molecule has 0 atom stereocenters. The Labute approximate surface area is 95.4 Å². The minimum absolute atomic E-state index is 0. The zero-order valence-electron chi connectivity index (χ0n) is 7.82. The lowest BCUT2D eigenvalue weighted by molar-refractivity contribution is 0.312. The van der Waals surface area contributed by atoms with Crippen molar-refractivity contribution in [2.45, 2.75) is 62.4 Å². The molecule has 0 unspecified atom stereocenters. The molecule has 4 heteroatoms. The Balaban J connectivity index is -0.0000000675. The third-order valence-electron chi connectivity index (χ3n) is 1.04. The normalized spacial score (nSPS) is 9.86. The number of hydrogen-bond donors (Lipinski definition) is 0. The Bertz CT molecular complexity index is 109. The zero-order valence-corrected chi connectivity index (χ0v) is 9.82. The van der Waals surface area contributed by atoms with Gasteiger partial charge in [0.05, 0.1) is 0 Å². The molecule has 94 valence electrons. The SMILES string of the molecule is C.C.C.C.CO[Si](C)(C)O[Si](C)(C)C. The fourth-order valence-electron chi connectivity index (χ4n) is 0.779. The van der Waals surface area contributed by atoms with E-state index in [0.29, 0.717) is 0 Å². The summed E-state index contributed by atoms with van der Waals surface area (Å²) >= 11 is 0. The summed E-state index contributed by atoms with van der Waals surface area (Å²) in [5.41, 5.74) is 0. The van der Waals surface area contributed by atoms with Gasteiger partial charge in [-0.2, -0.15) is 0 Å². The van der Waals surface area contributed by atoms with E-state index in [4.69, 9.17) is 8.54 Å². The topological polar surface area (TPSA) is 18.5 Å². The lowest BCUT2D eigenvalue weighted by Gasteiger charge is -2.29. The number of hydrogen-bond acceptors (Lipinski definition) is 2. The second kappa shape index (κ2) is 9.89. The third kappa shape index (κ3) is 18.2. The van der Waals surface area contributed by atoms with Crippen molar-refractivity contribution in [2.24, 2.45) is 0 Å². The highest BCUT2D eigenvalue weighted by molar-refractivity contribution is 6.81. The predicted octanol–water partition coefficient (Wildman–Crippen LogP) is 4.73. The summed E-state index contributed by atoms with van der Waals surface area (Å²) in [6, 6.07) is 0. The first-order valence-electron chi connectivity index (χ1n) is 3.52. The van der Waals surface area contributed by atoms with Crippen LogP contribution in [-0.4, -0.2) is 24.0 Å². The van der Waals surface area contributed by atoms with Gasteiger partial charge in [-0.3, -0.25) is 0 Å². The van der Waals surface area contributed by atoms with Crippen LogP contribution >= 0.6 is 0 Å². The van der Waals surface area contributed by atoms with Crippen LogP contribution in [0.3, 0.4) is 0 Å². The van der Waals surface area contributed by atoms with Gasteiger partial charge in [-0.15, -0.1) is 0 Å². The highest BCUT2D eigenvalue weighted by Crippen LogP contribution is 2.13.